The Labute approximate surface area is 183 Å². The van der Waals surface area contributed by atoms with E-state index >= 15 is 0 Å². The number of anilines is 1. The van der Waals surface area contributed by atoms with Gasteiger partial charge in [0.15, 0.2) is 6.61 Å². The van der Waals surface area contributed by atoms with Crippen LogP contribution >= 0.6 is 27.3 Å². The van der Waals surface area contributed by atoms with E-state index in [4.69, 9.17) is 9.47 Å². The summed E-state index contributed by atoms with van der Waals surface area (Å²) in [5.74, 6) is 0.203. The van der Waals surface area contributed by atoms with Crippen LogP contribution in [0.25, 0.3) is 0 Å². The number of fused-ring (bicyclic) bond motifs is 1. The van der Waals surface area contributed by atoms with Crippen molar-refractivity contribution >= 4 is 44.1 Å². The first-order chi connectivity index (χ1) is 14.1. The van der Waals surface area contributed by atoms with Crippen LogP contribution in [0.15, 0.2) is 28.7 Å². The van der Waals surface area contributed by atoms with Crippen molar-refractivity contribution < 1.29 is 19.1 Å². The van der Waals surface area contributed by atoms with Crippen molar-refractivity contribution in [2.24, 2.45) is 0 Å². The smallest absolute Gasteiger partial charge is 0.262 e. The first kappa shape index (κ1) is 21.8. The van der Waals surface area contributed by atoms with Gasteiger partial charge in [-0.2, -0.15) is 0 Å². The van der Waals surface area contributed by atoms with Gasteiger partial charge >= 0.3 is 0 Å². The second kappa shape index (κ2) is 10.8. The van der Waals surface area contributed by atoms with Crippen molar-refractivity contribution in [2.45, 2.75) is 32.1 Å². The van der Waals surface area contributed by atoms with E-state index in [0.29, 0.717) is 29.5 Å². The highest BCUT2D eigenvalue weighted by Crippen LogP contribution is 2.38. The average Bonchev–Trinajstić information content (AvgIpc) is 3.08. The van der Waals surface area contributed by atoms with E-state index in [1.807, 2.05) is 12.1 Å². The van der Waals surface area contributed by atoms with Crippen LogP contribution < -0.4 is 15.4 Å². The summed E-state index contributed by atoms with van der Waals surface area (Å²) in [5, 5.41) is 6.46. The van der Waals surface area contributed by atoms with Crippen molar-refractivity contribution in [2.75, 3.05) is 32.2 Å². The van der Waals surface area contributed by atoms with E-state index in [1.165, 1.54) is 16.2 Å². The minimum Gasteiger partial charge on any atom is -0.484 e. The Morgan fingerprint density at radius 2 is 1.93 bits per heavy atom. The molecule has 0 atom stereocenters. The van der Waals surface area contributed by atoms with Crippen LogP contribution in [0.1, 0.15) is 40.1 Å². The molecule has 1 aromatic heterocycles. The highest BCUT2D eigenvalue weighted by molar-refractivity contribution is 9.10. The molecule has 0 unspecified atom stereocenters. The molecule has 1 heterocycles. The van der Waals surface area contributed by atoms with Gasteiger partial charge in [0.05, 0.1) is 5.56 Å². The number of thiophene rings is 1. The lowest BCUT2D eigenvalue weighted by atomic mass is 9.95. The van der Waals surface area contributed by atoms with Gasteiger partial charge in [0.1, 0.15) is 10.8 Å². The number of rotatable bonds is 9. The van der Waals surface area contributed by atoms with E-state index in [1.54, 1.807) is 19.2 Å². The normalized spacial score (nSPS) is 12.9. The number of hydrogen-bond acceptors (Lipinski definition) is 5. The molecule has 156 valence electrons. The number of aryl methyl sites for hydroxylation is 1. The Bertz CT molecular complexity index is 851. The van der Waals surface area contributed by atoms with Crippen LogP contribution in [0.5, 0.6) is 5.75 Å². The molecule has 1 aliphatic carbocycles. The molecule has 0 bridgehead atoms. The molecule has 1 aromatic carbocycles. The summed E-state index contributed by atoms with van der Waals surface area (Å²) in [6, 6.07) is 7.29. The molecular weight excluding hydrogens is 456 g/mol. The minimum absolute atomic E-state index is 0.112. The standard InChI is InChI=1S/C21H25BrN2O4S/c1-27-12-4-11-23-20(26)19-16-5-2-3-6-17(16)29-21(19)24-18(25)13-28-15-9-7-14(22)8-10-15/h7-10H,2-6,11-13H2,1H3,(H,23,26)(H,24,25). The molecule has 0 saturated carbocycles. The zero-order valence-corrected chi connectivity index (χ0v) is 18.8. The Morgan fingerprint density at radius 3 is 2.69 bits per heavy atom. The summed E-state index contributed by atoms with van der Waals surface area (Å²) < 4.78 is 11.5. The number of nitrogens with one attached hydrogen (secondary N) is 2. The molecule has 6 nitrogen and oxygen atoms in total. The maximum Gasteiger partial charge on any atom is 0.262 e. The average molecular weight is 481 g/mol. The Kier molecular flexibility index (Phi) is 8.09. The summed E-state index contributed by atoms with van der Waals surface area (Å²) in [6.45, 7) is 1.02. The third-order valence-electron chi connectivity index (χ3n) is 4.65. The molecule has 0 spiro atoms. The fourth-order valence-corrected chi connectivity index (χ4v) is 4.81. The molecule has 8 heteroatoms. The van der Waals surface area contributed by atoms with Crippen LogP contribution in [0.2, 0.25) is 0 Å². The van der Waals surface area contributed by atoms with E-state index < -0.39 is 0 Å². The summed E-state index contributed by atoms with van der Waals surface area (Å²) in [4.78, 5) is 26.5. The molecule has 1 aliphatic rings. The molecule has 29 heavy (non-hydrogen) atoms. The monoisotopic (exact) mass is 480 g/mol. The summed E-state index contributed by atoms with van der Waals surface area (Å²) in [5.41, 5.74) is 1.69. The molecule has 3 rings (SSSR count). The predicted molar refractivity (Wildman–Crippen MR) is 118 cm³/mol. The number of halogens is 1. The van der Waals surface area contributed by atoms with Crippen LogP contribution in [0.3, 0.4) is 0 Å². The van der Waals surface area contributed by atoms with Crippen molar-refractivity contribution in [3.05, 3.63) is 44.7 Å². The number of methoxy groups -OCH3 is 1. The van der Waals surface area contributed by atoms with E-state index in [9.17, 15) is 9.59 Å². The number of benzene rings is 1. The van der Waals surface area contributed by atoms with Gasteiger partial charge in [0.25, 0.3) is 11.8 Å². The molecule has 0 saturated heterocycles. The third-order valence-corrected chi connectivity index (χ3v) is 6.38. The fourth-order valence-electron chi connectivity index (χ4n) is 3.24. The fraction of sp³-hybridized carbons (Fsp3) is 0.429. The molecule has 0 aliphatic heterocycles. The van der Waals surface area contributed by atoms with Crippen LogP contribution in [-0.2, 0) is 22.4 Å². The Hall–Kier alpha value is -1.90. The number of ether oxygens (including phenoxy) is 2. The SMILES string of the molecule is COCCCNC(=O)c1c(NC(=O)COc2ccc(Br)cc2)sc2c1CCCC2. The van der Waals surface area contributed by atoms with Gasteiger partial charge in [0, 0.05) is 29.6 Å². The molecular formula is C21H25BrN2O4S. The number of carbonyl (C=O) groups excluding carboxylic acids is 2. The van der Waals surface area contributed by atoms with Crippen molar-refractivity contribution in [1.82, 2.24) is 5.32 Å². The van der Waals surface area contributed by atoms with E-state index in [0.717, 1.165) is 42.1 Å². The molecule has 0 radical (unpaired) electrons. The van der Waals surface area contributed by atoms with Gasteiger partial charge in [-0.25, -0.2) is 0 Å². The van der Waals surface area contributed by atoms with Crippen molar-refractivity contribution in [1.29, 1.82) is 0 Å². The zero-order chi connectivity index (χ0) is 20.6. The number of carbonyl (C=O) groups is 2. The predicted octanol–water partition coefficient (Wildman–Crippen LogP) is 4.17. The van der Waals surface area contributed by atoms with Crippen molar-refractivity contribution in [3.8, 4) is 5.75 Å². The first-order valence-electron chi connectivity index (χ1n) is 9.68. The quantitative estimate of drug-likeness (QED) is 0.527. The van der Waals surface area contributed by atoms with Crippen LogP contribution in [-0.4, -0.2) is 38.7 Å². The number of amides is 2. The summed E-state index contributed by atoms with van der Waals surface area (Å²) >= 11 is 4.87. The lowest BCUT2D eigenvalue weighted by Crippen LogP contribution is -2.28. The van der Waals surface area contributed by atoms with Gasteiger partial charge in [-0.3, -0.25) is 9.59 Å². The molecule has 2 N–H and O–H groups in total. The Morgan fingerprint density at radius 1 is 1.17 bits per heavy atom. The molecule has 2 amide bonds. The number of hydrogen-bond donors (Lipinski definition) is 2. The van der Waals surface area contributed by atoms with Gasteiger partial charge in [-0.15, -0.1) is 11.3 Å². The highest BCUT2D eigenvalue weighted by Gasteiger charge is 2.26. The lowest BCUT2D eigenvalue weighted by molar-refractivity contribution is -0.118. The van der Waals surface area contributed by atoms with E-state index in [2.05, 4.69) is 26.6 Å². The van der Waals surface area contributed by atoms with Gasteiger partial charge in [-0.1, -0.05) is 15.9 Å². The van der Waals surface area contributed by atoms with Crippen molar-refractivity contribution in [3.63, 3.8) is 0 Å². The van der Waals surface area contributed by atoms with Crippen LogP contribution in [0, 0.1) is 0 Å². The second-order valence-corrected chi connectivity index (χ2v) is 8.83. The summed E-state index contributed by atoms with van der Waals surface area (Å²) in [7, 11) is 1.64. The third kappa shape index (κ3) is 6.04. The largest absolute Gasteiger partial charge is 0.484 e. The maximum atomic E-state index is 12.8. The topological polar surface area (TPSA) is 76.7 Å². The van der Waals surface area contributed by atoms with Gasteiger partial charge < -0.3 is 20.1 Å². The zero-order valence-electron chi connectivity index (χ0n) is 16.4. The lowest BCUT2D eigenvalue weighted by Gasteiger charge is -2.13. The Balaban J connectivity index is 1.67. The minimum atomic E-state index is -0.278. The first-order valence-corrected chi connectivity index (χ1v) is 11.3. The maximum absolute atomic E-state index is 12.8. The van der Waals surface area contributed by atoms with E-state index in [-0.39, 0.29) is 18.4 Å². The summed E-state index contributed by atoms with van der Waals surface area (Å²) in [6.07, 6.45) is 4.75. The molecule has 0 fully saturated rings. The highest BCUT2D eigenvalue weighted by atomic mass is 79.9. The van der Waals surface area contributed by atoms with Crippen LogP contribution in [0.4, 0.5) is 5.00 Å². The second-order valence-electron chi connectivity index (χ2n) is 6.81. The van der Waals surface area contributed by atoms with Gasteiger partial charge in [0.2, 0.25) is 0 Å². The van der Waals surface area contributed by atoms with Gasteiger partial charge in [-0.05, 0) is 61.9 Å². The molecule has 2 aromatic rings.